The smallest absolute Gasteiger partial charge is 0.261 e. The first-order valence-corrected chi connectivity index (χ1v) is 11.1. The lowest BCUT2D eigenvalue weighted by Crippen LogP contribution is -2.37. The highest BCUT2D eigenvalue weighted by molar-refractivity contribution is 7.92. The maximum atomic E-state index is 12.7. The van der Waals surface area contributed by atoms with Gasteiger partial charge in [0, 0.05) is 36.4 Å². The minimum absolute atomic E-state index is 0.0757. The van der Waals surface area contributed by atoms with Crippen molar-refractivity contribution in [3.63, 3.8) is 0 Å². The molecule has 6 nitrogen and oxygen atoms in total. The summed E-state index contributed by atoms with van der Waals surface area (Å²) in [7, 11) is -3.76. The molecule has 1 atom stereocenters. The second-order valence-electron chi connectivity index (χ2n) is 7.68. The van der Waals surface area contributed by atoms with E-state index >= 15 is 0 Å². The van der Waals surface area contributed by atoms with Gasteiger partial charge in [-0.2, -0.15) is 0 Å². The summed E-state index contributed by atoms with van der Waals surface area (Å²) < 4.78 is 27.9. The van der Waals surface area contributed by atoms with Gasteiger partial charge >= 0.3 is 0 Å². The summed E-state index contributed by atoms with van der Waals surface area (Å²) in [5.41, 5.74) is 1.90. The summed E-state index contributed by atoms with van der Waals surface area (Å²) in [6.07, 6.45) is 3.46. The molecule has 2 N–H and O–H groups in total. The molecule has 2 fully saturated rings. The Kier molecular flexibility index (Phi) is 5.12. The third-order valence-corrected chi connectivity index (χ3v) is 6.71. The van der Waals surface area contributed by atoms with Crippen molar-refractivity contribution in [2.45, 2.75) is 43.2 Å². The molecule has 28 heavy (non-hydrogen) atoms. The molecule has 1 heterocycles. The van der Waals surface area contributed by atoms with Crippen LogP contribution in [-0.4, -0.2) is 44.4 Å². The molecule has 4 rings (SSSR count). The number of hydrogen-bond acceptors (Lipinski definition) is 4. The summed E-state index contributed by atoms with van der Waals surface area (Å²) >= 11 is 0. The van der Waals surface area contributed by atoms with E-state index in [0.717, 1.165) is 25.1 Å². The lowest BCUT2D eigenvalue weighted by atomic mass is 10.2. The van der Waals surface area contributed by atoms with Crippen LogP contribution in [0, 0.1) is 6.92 Å². The molecule has 2 aromatic carbocycles. The van der Waals surface area contributed by atoms with Gasteiger partial charge in [0.15, 0.2) is 0 Å². The van der Waals surface area contributed by atoms with Gasteiger partial charge in [-0.1, -0.05) is 23.8 Å². The van der Waals surface area contributed by atoms with Crippen LogP contribution in [0.25, 0.3) is 0 Å². The first kappa shape index (κ1) is 19.0. The molecule has 148 valence electrons. The summed E-state index contributed by atoms with van der Waals surface area (Å²) in [5, 5.41) is 3.05. The maximum absolute atomic E-state index is 12.7. The van der Waals surface area contributed by atoms with Crippen molar-refractivity contribution in [2.75, 3.05) is 17.8 Å². The number of nitrogens with one attached hydrogen (secondary N) is 2. The quantitative estimate of drug-likeness (QED) is 0.783. The van der Waals surface area contributed by atoms with Gasteiger partial charge in [-0.25, -0.2) is 8.42 Å². The Hall–Kier alpha value is -2.38. The third kappa shape index (κ3) is 4.36. The van der Waals surface area contributed by atoms with Gasteiger partial charge in [-0.05, 0) is 56.5 Å². The molecule has 1 saturated carbocycles. The van der Waals surface area contributed by atoms with Crippen LogP contribution in [0.2, 0.25) is 0 Å². The Morgan fingerprint density at radius 2 is 1.82 bits per heavy atom. The van der Waals surface area contributed by atoms with E-state index in [0.29, 0.717) is 17.3 Å². The van der Waals surface area contributed by atoms with Crippen molar-refractivity contribution in [2.24, 2.45) is 0 Å². The van der Waals surface area contributed by atoms with Gasteiger partial charge in [0.1, 0.15) is 0 Å². The zero-order valence-corrected chi connectivity index (χ0v) is 16.7. The molecule has 0 spiro atoms. The number of amides is 1. The third-order valence-electron chi connectivity index (χ3n) is 5.33. The number of anilines is 1. The molecular weight excluding hydrogens is 374 g/mol. The predicted octanol–water partition coefficient (Wildman–Crippen LogP) is 2.76. The van der Waals surface area contributed by atoms with Crippen molar-refractivity contribution < 1.29 is 13.2 Å². The van der Waals surface area contributed by atoms with E-state index in [9.17, 15) is 13.2 Å². The van der Waals surface area contributed by atoms with Gasteiger partial charge in [0.2, 0.25) is 0 Å². The first-order chi connectivity index (χ1) is 13.4. The molecule has 0 bridgehead atoms. The van der Waals surface area contributed by atoms with Gasteiger partial charge in [-0.3, -0.25) is 14.4 Å². The lowest BCUT2D eigenvalue weighted by Gasteiger charge is -2.16. The summed E-state index contributed by atoms with van der Waals surface area (Å²) in [6, 6.07) is 14.1. The number of nitrogens with zero attached hydrogens (tertiary/aromatic N) is 1. The molecule has 1 aliphatic carbocycles. The lowest BCUT2D eigenvalue weighted by molar-refractivity contribution is 0.0937. The Bertz CT molecular complexity index is 969. The molecular formula is C21H25N3O3S. The fourth-order valence-electron chi connectivity index (χ4n) is 3.59. The van der Waals surface area contributed by atoms with Crippen LogP contribution in [0.3, 0.4) is 0 Å². The summed E-state index contributed by atoms with van der Waals surface area (Å²) in [4.78, 5) is 15.1. The number of likely N-dealkylation sites (tertiary alicyclic amines) is 1. The number of rotatable bonds is 6. The number of benzene rings is 2. The fraction of sp³-hybridized carbons (Fsp3) is 0.381. The van der Waals surface area contributed by atoms with Crippen LogP contribution in [0.5, 0.6) is 0 Å². The Labute approximate surface area is 166 Å². The number of hydrogen-bond donors (Lipinski definition) is 2. The molecule has 0 radical (unpaired) electrons. The SMILES string of the molecule is Cc1ccc(NS(=O)(=O)c2cccc(C(=O)NC3CCN(C4CC4)C3)c2)cc1. The molecule has 7 heteroatoms. The van der Waals surface area contributed by atoms with Crippen molar-refractivity contribution >= 4 is 21.6 Å². The summed E-state index contributed by atoms with van der Waals surface area (Å²) in [5.74, 6) is -0.227. The number of aryl methyl sites for hydroxylation is 1. The number of carbonyl (C=O) groups excluding carboxylic acids is 1. The van der Waals surface area contributed by atoms with Crippen LogP contribution < -0.4 is 10.0 Å². The highest BCUT2D eigenvalue weighted by Crippen LogP contribution is 2.29. The topological polar surface area (TPSA) is 78.5 Å². The molecule has 0 aromatic heterocycles. The Balaban J connectivity index is 1.44. The Morgan fingerprint density at radius 1 is 1.07 bits per heavy atom. The van der Waals surface area contributed by atoms with Gasteiger partial charge in [0.05, 0.1) is 4.90 Å². The van der Waals surface area contributed by atoms with E-state index in [2.05, 4.69) is 14.9 Å². The van der Waals surface area contributed by atoms with E-state index in [1.165, 1.54) is 25.0 Å². The highest BCUT2D eigenvalue weighted by Gasteiger charge is 2.34. The van der Waals surface area contributed by atoms with Crippen molar-refractivity contribution in [3.8, 4) is 0 Å². The van der Waals surface area contributed by atoms with Crippen LogP contribution in [0.4, 0.5) is 5.69 Å². The van der Waals surface area contributed by atoms with Crippen LogP contribution in [0.1, 0.15) is 35.2 Å². The fourth-order valence-corrected chi connectivity index (χ4v) is 4.69. The van der Waals surface area contributed by atoms with Gasteiger partial charge in [-0.15, -0.1) is 0 Å². The Morgan fingerprint density at radius 3 is 2.54 bits per heavy atom. The molecule has 1 amide bonds. The average molecular weight is 400 g/mol. The second kappa shape index (κ2) is 7.56. The number of sulfonamides is 1. The predicted molar refractivity (Wildman–Crippen MR) is 109 cm³/mol. The number of carbonyl (C=O) groups is 1. The molecule has 2 aromatic rings. The van der Waals surface area contributed by atoms with Crippen LogP contribution in [-0.2, 0) is 10.0 Å². The van der Waals surface area contributed by atoms with Gasteiger partial charge < -0.3 is 5.32 Å². The van der Waals surface area contributed by atoms with Crippen molar-refractivity contribution in [1.82, 2.24) is 10.2 Å². The molecule has 2 aliphatic rings. The van der Waals surface area contributed by atoms with Crippen LogP contribution in [0.15, 0.2) is 53.4 Å². The largest absolute Gasteiger partial charge is 0.348 e. The van der Waals surface area contributed by atoms with E-state index < -0.39 is 10.0 Å². The zero-order valence-electron chi connectivity index (χ0n) is 15.9. The monoisotopic (exact) mass is 399 g/mol. The van der Waals surface area contributed by atoms with E-state index in [-0.39, 0.29) is 16.8 Å². The standard InChI is InChI=1S/C21H25N3O3S/c1-15-5-7-17(8-6-15)23-28(26,27)20-4-2-3-16(13-20)21(25)22-18-11-12-24(14-18)19-9-10-19/h2-8,13,18-19,23H,9-12,14H2,1H3,(H,22,25). The van der Waals surface area contributed by atoms with E-state index in [1.807, 2.05) is 19.1 Å². The second-order valence-corrected chi connectivity index (χ2v) is 9.37. The first-order valence-electron chi connectivity index (χ1n) is 9.65. The molecule has 1 saturated heterocycles. The minimum atomic E-state index is -3.76. The highest BCUT2D eigenvalue weighted by atomic mass is 32.2. The summed E-state index contributed by atoms with van der Waals surface area (Å²) in [6.45, 7) is 3.84. The van der Waals surface area contributed by atoms with E-state index in [4.69, 9.17) is 0 Å². The minimum Gasteiger partial charge on any atom is -0.348 e. The molecule has 1 aliphatic heterocycles. The van der Waals surface area contributed by atoms with Crippen LogP contribution >= 0.6 is 0 Å². The average Bonchev–Trinajstić information content (AvgIpc) is 3.43. The van der Waals surface area contributed by atoms with Crippen molar-refractivity contribution in [3.05, 3.63) is 59.7 Å². The maximum Gasteiger partial charge on any atom is 0.261 e. The van der Waals surface area contributed by atoms with Gasteiger partial charge in [0.25, 0.3) is 15.9 Å². The zero-order chi connectivity index (χ0) is 19.7. The normalized spacial score (nSPS) is 20.1. The molecule has 1 unspecified atom stereocenters. The van der Waals surface area contributed by atoms with E-state index in [1.54, 1.807) is 24.3 Å². The van der Waals surface area contributed by atoms with Crippen molar-refractivity contribution in [1.29, 1.82) is 0 Å².